The van der Waals surface area contributed by atoms with Gasteiger partial charge in [-0.05, 0) is 29.2 Å². The van der Waals surface area contributed by atoms with E-state index in [2.05, 4.69) is 24.1 Å². The van der Waals surface area contributed by atoms with Crippen molar-refractivity contribution in [2.45, 2.75) is 26.3 Å². The number of carbonyl (C=O) groups excluding carboxylic acids is 1. The van der Waals surface area contributed by atoms with E-state index >= 15 is 0 Å². The van der Waals surface area contributed by atoms with Gasteiger partial charge in [0.25, 0.3) is 5.91 Å². The van der Waals surface area contributed by atoms with Crippen LogP contribution in [0.3, 0.4) is 0 Å². The molecule has 1 aromatic heterocycles. The van der Waals surface area contributed by atoms with Crippen LogP contribution in [0.25, 0.3) is 0 Å². The Morgan fingerprint density at radius 3 is 2.40 bits per heavy atom. The third kappa shape index (κ3) is 3.88. The van der Waals surface area contributed by atoms with Gasteiger partial charge in [0.1, 0.15) is 5.69 Å². The predicted molar refractivity (Wildman–Crippen MR) is 99.1 cm³/mol. The van der Waals surface area contributed by atoms with Crippen molar-refractivity contribution >= 4 is 11.6 Å². The molecule has 5 nitrogen and oxygen atoms in total. The summed E-state index contributed by atoms with van der Waals surface area (Å²) in [5.74, 6) is 0.122. The molecule has 0 atom stereocenters. The van der Waals surface area contributed by atoms with Crippen LogP contribution in [0, 0.1) is 0 Å². The van der Waals surface area contributed by atoms with Gasteiger partial charge in [0.2, 0.25) is 0 Å². The van der Waals surface area contributed by atoms with Crippen molar-refractivity contribution in [3.63, 3.8) is 0 Å². The molecule has 0 bridgehead atoms. The van der Waals surface area contributed by atoms with Crippen LogP contribution in [0.2, 0.25) is 0 Å². The zero-order chi connectivity index (χ0) is 17.8. The van der Waals surface area contributed by atoms with E-state index in [0.717, 1.165) is 5.56 Å². The largest absolute Gasteiger partial charge is 0.326 e. The zero-order valence-electron chi connectivity index (χ0n) is 14.3. The maximum absolute atomic E-state index is 12.6. The highest BCUT2D eigenvalue weighted by molar-refractivity contribution is 6.02. The molecule has 0 aliphatic carbocycles. The number of benzene rings is 2. The Hall–Kier alpha value is -3.08. The van der Waals surface area contributed by atoms with E-state index in [0.29, 0.717) is 23.8 Å². The first-order chi connectivity index (χ1) is 12.0. The van der Waals surface area contributed by atoms with Crippen molar-refractivity contribution in [1.82, 2.24) is 9.55 Å². The highest BCUT2D eigenvalue weighted by Crippen LogP contribution is 2.17. The average molecular weight is 335 g/mol. The first-order valence-corrected chi connectivity index (χ1v) is 8.28. The number of imidazole rings is 1. The third-order valence-corrected chi connectivity index (χ3v) is 4.12. The summed E-state index contributed by atoms with van der Waals surface area (Å²) in [7, 11) is 0. The number of hydrogen-bond acceptors (Lipinski definition) is 2. The van der Waals surface area contributed by atoms with Crippen LogP contribution >= 0.6 is 0 Å². The Labute approximate surface area is 146 Å². The van der Waals surface area contributed by atoms with Gasteiger partial charge >= 0.3 is 5.69 Å². The molecule has 0 saturated heterocycles. The van der Waals surface area contributed by atoms with E-state index in [-0.39, 0.29) is 11.6 Å². The van der Waals surface area contributed by atoms with Gasteiger partial charge in [-0.3, -0.25) is 9.36 Å². The lowest BCUT2D eigenvalue weighted by atomic mass is 10.0. The number of aromatic amines is 1. The number of rotatable bonds is 5. The molecule has 25 heavy (non-hydrogen) atoms. The molecule has 0 aliphatic rings. The molecular formula is C20H21N3O2. The highest BCUT2D eigenvalue weighted by atomic mass is 16.2. The second kappa shape index (κ2) is 7.21. The quantitative estimate of drug-likeness (QED) is 0.748. The third-order valence-electron chi connectivity index (χ3n) is 4.12. The fourth-order valence-electron chi connectivity index (χ4n) is 2.65. The molecule has 2 N–H and O–H groups in total. The lowest BCUT2D eigenvalue weighted by Gasteiger charge is -2.10. The summed E-state index contributed by atoms with van der Waals surface area (Å²) in [6.07, 6.45) is 1.45. The van der Waals surface area contributed by atoms with Crippen molar-refractivity contribution in [3.05, 3.63) is 88.1 Å². The SMILES string of the molecule is CC(C)c1ccc(NC(=O)c2c[nH]c(=O)n2Cc2ccccc2)cc1. The zero-order valence-corrected chi connectivity index (χ0v) is 14.3. The second-order valence-electron chi connectivity index (χ2n) is 6.28. The van der Waals surface area contributed by atoms with Crippen LogP contribution in [-0.2, 0) is 6.54 Å². The van der Waals surface area contributed by atoms with E-state index in [1.165, 1.54) is 16.3 Å². The first kappa shape index (κ1) is 16.8. The van der Waals surface area contributed by atoms with E-state index in [4.69, 9.17) is 0 Å². The van der Waals surface area contributed by atoms with E-state index < -0.39 is 0 Å². The molecule has 0 spiro atoms. The summed E-state index contributed by atoms with van der Waals surface area (Å²) in [6.45, 7) is 4.59. The monoisotopic (exact) mass is 335 g/mol. The summed E-state index contributed by atoms with van der Waals surface area (Å²) in [5, 5.41) is 2.85. The minimum Gasteiger partial charge on any atom is -0.321 e. The molecule has 0 radical (unpaired) electrons. The van der Waals surface area contributed by atoms with Crippen LogP contribution in [0.1, 0.15) is 41.4 Å². The molecule has 1 heterocycles. The van der Waals surface area contributed by atoms with E-state index in [1.807, 2.05) is 54.6 Å². The van der Waals surface area contributed by atoms with Gasteiger partial charge in [-0.15, -0.1) is 0 Å². The Kier molecular flexibility index (Phi) is 4.84. The van der Waals surface area contributed by atoms with Gasteiger partial charge in [0.05, 0.1) is 6.54 Å². The fraction of sp³-hybridized carbons (Fsp3) is 0.200. The molecule has 0 fully saturated rings. The summed E-state index contributed by atoms with van der Waals surface area (Å²) < 4.78 is 1.44. The summed E-state index contributed by atoms with van der Waals surface area (Å²) in [6, 6.07) is 17.3. The molecular weight excluding hydrogens is 314 g/mol. The Morgan fingerprint density at radius 1 is 1.08 bits per heavy atom. The number of hydrogen-bond donors (Lipinski definition) is 2. The van der Waals surface area contributed by atoms with Crippen LogP contribution in [0.5, 0.6) is 0 Å². The molecule has 0 aliphatic heterocycles. The molecule has 3 aromatic rings. The van der Waals surface area contributed by atoms with Gasteiger partial charge < -0.3 is 10.3 Å². The van der Waals surface area contributed by atoms with Crippen molar-refractivity contribution in [2.24, 2.45) is 0 Å². The topological polar surface area (TPSA) is 66.9 Å². The van der Waals surface area contributed by atoms with Gasteiger partial charge in [0.15, 0.2) is 0 Å². The Bertz CT molecular complexity index is 906. The van der Waals surface area contributed by atoms with Gasteiger partial charge in [0, 0.05) is 11.9 Å². The van der Waals surface area contributed by atoms with Crippen LogP contribution in [-0.4, -0.2) is 15.5 Å². The van der Waals surface area contributed by atoms with Crippen molar-refractivity contribution in [1.29, 1.82) is 0 Å². The predicted octanol–water partition coefficient (Wildman–Crippen LogP) is 3.60. The number of aromatic nitrogens is 2. The standard InChI is InChI=1S/C20H21N3O2/c1-14(2)16-8-10-17(11-9-16)22-19(24)18-12-21-20(25)23(18)13-15-6-4-3-5-7-15/h3-12,14H,13H2,1-2H3,(H,21,25)(H,22,24). The average Bonchev–Trinajstić information content (AvgIpc) is 2.97. The smallest absolute Gasteiger partial charge is 0.321 e. The maximum Gasteiger partial charge on any atom is 0.326 e. The molecule has 3 rings (SSSR count). The maximum atomic E-state index is 12.6. The van der Waals surface area contributed by atoms with Crippen LogP contribution in [0.15, 0.2) is 65.6 Å². The van der Waals surface area contributed by atoms with Crippen LogP contribution in [0.4, 0.5) is 5.69 Å². The lowest BCUT2D eigenvalue weighted by molar-refractivity contribution is 0.101. The summed E-state index contributed by atoms with van der Waals surface area (Å²) in [5.41, 5.74) is 2.88. The molecule has 0 saturated carbocycles. The van der Waals surface area contributed by atoms with E-state index in [9.17, 15) is 9.59 Å². The number of nitrogens with one attached hydrogen (secondary N) is 2. The van der Waals surface area contributed by atoms with Crippen molar-refractivity contribution in [3.8, 4) is 0 Å². The minimum atomic E-state index is -0.313. The highest BCUT2D eigenvalue weighted by Gasteiger charge is 2.15. The number of anilines is 1. The lowest BCUT2D eigenvalue weighted by Crippen LogP contribution is -2.24. The van der Waals surface area contributed by atoms with Gasteiger partial charge in [-0.25, -0.2) is 4.79 Å². The molecule has 0 unspecified atom stereocenters. The fourth-order valence-corrected chi connectivity index (χ4v) is 2.65. The Morgan fingerprint density at radius 2 is 1.76 bits per heavy atom. The number of nitrogens with zero attached hydrogens (tertiary/aromatic N) is 1. The number of H-pyrrole nitrogens is 1. The Balaban J connectivity index is 1.80. The molecule has 128 valence electrons. The first-order valence-electron chi connectivity index (χ1n) is 8.28. The second-order valence-corrected chi connectivity index (χ2v) is 6.28. The molecule has 1 amide bonds. The number of carbonyl (C=O) groups is 1. The summed E-state index contributed by atoms with van der Waals surface area (Å²) in [4.78, 5) is 27.2. The van der Waals surface area contributed by atoms with Crippen LogP contribution < -0.4 is 11.0 Å². The molecule has 2 aromatic carbocycles. The van der Waals surface area contributed by atoms with Crippen molar-refractivity contribution in [2.75, 3.05) is 5.32 Å². The molecule has 5 heteroatoms. The summed E-state index contributed by atoms with van der Waals surface area (Å²) >= 11 is 0. The van der Waals surface area contributed by atoms with E-state index in [1.54, 1.807) is 0 Å². The van der Waals surface area contributed by atoms with Gasteiger partial charge in [-0.2, -0.15) is 0 Å². The minimum absolute atomic E-state index is 0.302. The normalized spacial score (nSPS) is 10.8. The van der Waals surface area contributed by atoms with Crippen molar-refractivity contribution < 1.29 is 4.79 Å². The van der Waals surface area contributed by atoms with Gasteiger partial charge in [-0.1, -0.05) is 56.3 Å². The number of amides is 1.